The van der Waals surface area contributed by atoms with Crippen LogP contribution in [0.3, 0.4) is 0 Å². The topological polar surface area (TPSA) is 87.7 Å². The molecule has 3 amide bonds. The quantitative estimate of drug-likeness (QED) is 0.659. The molecule has 1 aromatic carbocycles. The van der Waals surface area contributed by atoms with Crippen LogP contribution in [0.25, 0.3) is 0 Å². The lowest BCUT2D eigenvalue weighted by molar-refractivity contribution is -0.132. The maximum Gasteiger partial charge on any atom is 0.410 e. The van der Waals surface area contributed by atoms with Crippen molar-refractivity contribution >= 4 is 23.6 Å². The van der Waals surface area contributed by atoms with E-state index in [4.69, 9.17) is 4.74 Å². The van der Waals surface area contributed by atoms with Gasteiger partial charge in [0.1, 0.15) is 11.4 Å². The molecule has 1 aromatic rings. The molecule has 0 bridgehead atoms. The van der Waals surface area contributed by atoms with Crippen LogP contribution in [-0.2, 0) is 20.7 Å². The van der Waals surface area contributed by atoms with Crippen molar-refractivity contribution in [3.8, 4) is 0 Å². The Kier molecular flexibility index (Phi) is 7.18. The summed E-state index contributed by atoms with van der Waals surface area (Å²) in [6.07, 6.45) is 3.91. The van der Waals surface area contributed by atoms with E-state index in [2.05, 4.69) is 10.6 Å². The lowest BCUT2D eigenvalue weighted by Crippen LogP contribution is -2.41. The van der Waals surface area contributed by atoms with E-state index in [1.54, 1.807) is 11.0 Å². The summed E-state index contributed by atoms with van der Waals surface area (Å²) in [6.45, 7) is 7.72. The summed E-state index contributed by atoms with van der Waals surface area (Å²) in [7, 11) is 0. The molecule has 170 valence electrons. The zero-order chi connectivity index (χ0) is 22.6. The molecule has 0 spiro atoms. The number of nitrogens with one attached hydrogen (secondary N) is 2. The molecule has 4 rings (SSSR count). The van der Waals surface area contributed by atoms with Crippen molar-refractivity contribution in [3.63, 3.8) is 0 Å². The van der Waals surface area contributed by atoms with Crippen LogP contribution in [0.15, 0.2) is 12.1 Å². The molecule has 0 aromatic heterocycles. The van der Waals surface area contributed by atoms with Crippen molar-refractivity contribution in [1.82, 2.24) is 10.2 Å². The predicted octanol–water partition coefficient (Wildman–Crippen LogP) is 3.72. The average Bonchev–Trinajstić information content (AvgIpc) is 3.16. The van der Waals surface area contributed by atoms with Gasteiger partial charge in [-0.15, -0.1) is 0 Å². The molecule has 0 saturated carbocycles. The zero-order valence-electron chi connectivity index (χ0n) is 18.6. The number of nitrogens with zero attached hydrogens (tertiary/aromatic N) is 1. The van der Waals surface area contributed by atoms with E-state index in [-0.39, 0.29) is 29.6 Å². The molecule has 2 saturated heterocycles. The van der Waals surface area contributed by atoms with Crippen molar-refractivity contribution in [3.05, 3.63) is 29.1 Å². The highest BCUT2D eigenvalue weighted by Gasteiger charge is 2.31. The maximum absolute atomic E-state index is 14.4. The monoisotopic (exact) mass is 433 g/mol. The van der Waals surface area contributed by atoms with Crippen molar-refractivity contribution < 1.29 is 23.5 Å². The van der Waals surface area contributed by atoms with Gasteiger partial charge in [0, 0.05) is 38.2 Å². The number of fused-ring (bicyclic) bond motifs is 1. The number of benzene rings is 1. The minimum Gasteiger partial charge on any atom is -0.444 e. The number of rotatable bonds is 1. The number of ether oxygens (including phenoxy) is 1. The predicted molar refractivity (Wildman–Crippen MR) is 115 cm³/mol. The summed E-state index contributed by atoms with van der Waals surface area (Å²) < 4.78 is 19.8. The molecule has 0 atom stereocenters. The third kappa shape index (κ3) is 6.18. The van der Waals surface area contributed by atoms with Crippen molar-refractivity contribution in [2.24, 2.45) is 0 Å². The first-order valence-electron chi connectivity index (χ1n) is 11.0. The number of hydrogen-bond donors (Lipinski definition) is 2. The van der Waals surface area contributed by atoms with Gasteiger partial charge in [0.25, 0.3) is 0 Å². The molecule has 2 N–H and O–H groups in total. The van der Waals surface area contributed by atoms with Gasteiger partial charge in [0.2, 0.25) is 11.8 Å². The summed E-state index contributed by atoms with van der Waals surface area (Å²) in [4.78, 5) is 34.6. The van der Waals surface area contributed by atoms with Gasteiger partial charge in [-0.1, -0.05) is 0 Å². The summed E-state index contributed by atoms with van der Waals surface area (Å²) in [6, 6.07) is 3.39. The highest BCUT2D eigenvalue weighted by atomic mass is 19.1. The van der Waals surface area contributed by atoms with Gasteiger partial charge in [-0.25, -0.2) is 9.18 Å². The number of imide groups is 1. The van der Waals surface area contributed by atoms with Crippen LogP contribution in [0.5, 0.6) is 0 Å². The highest BCUT2D eigenvalue weighted by molar-refractivity contribution is 5.97. The first-order valence-corrected chi connectivity index (χ1v) is 11.0. The molecule has 0 aliphatic carbocycles. The Morgan fingerprint density at radius 2 is 1.74 bits per heavy atom. The molecular weight excluding hydrogens is 401 g/mol. The van der Waals surface area contributed by atoms with Crippen LogP contribution in [0, 0.1) is 5.82 Å². The smallest absolute Gasteiger partial charge is 0.410 e. The normalized spacial score (nSPS) is 19.0. The van der Waals surface area contributed by atoms with E-state index in [9.17, 15) is 18.8 Å². The second-order valence-electron chi connectivity index (χ2n) is 9.23. The molecule has 8 heteroatoms. The standard InChI is InChI=1S/C18H25FN2O2.C5H7NO2/c1-18(2,3)23-17(22)21-10-7-12(8-11-21)16-13-6-9-20-15(13)5-4-14(16)19;7-4-2-1-3-5(8)6-4/h4-5,12,20H,6-11H2,1-3H3;1-3H2,(H,6,7,8). The van der Waals surface area contributed by atoms with Crippen molar-refractivity contribution in [2.75, 3.05) is 25.0 Å². The Bertz CT molecular complexity index is 828. The molecule has 3 aliphatic heterocycles. The van der Waals surface area contributed by atoms with E-state index in [1.807, 2.05) is 26.8 Å². The van der Waals surface area contributed by atoms with Gasteiger partial charge in [0.05, 0.1) is 0 Å². The van der Waals surface area contributed by atoms with Gasteiger partial charge in [-0.05, 0) is 75.6 Å². The second kappa shape index (κ2) is 9.66. The molecule has 0 unspecified atom stereocenters. The number of anilines is 1. The molecule has 0 radical (unpaired) electrons. The zero-order valence-corrected chi connectivity index (χ0v) is 18.6. The number of halogens is 1. The van der Waals surface area contributed by atoms with Crippen LogP contribution in [0.2, 0.25) is 0 Å². The first-order chi connectivity index (χ1) is 14.6. The third-order valence-electron chi connectivity index (χ3n) is 5.64. The Labute approximate surface area is 182 Å². The van der Waals surface area contributed by atoms with E-state index in [0.29, 0.717) is 32.4 Å². The Balaban J connectivity index is 0.000000287. The van der Waals surface area contributed by atoms with Crippen LogP contribution in [0.1, 0.15) is 69.9 Å². The van der Waals surface area contributed by atoms with Crippen molar-refractivity contribution in [2.45, 2.75) is 70.8 Å². The lowest BCUT2D eigenvalue weighted by Gasteiger charge is -2.34. The second-order valence-corrected chi connectivity index (χ2v) is 9.23. The Morgan fingerprint density at radius 1 is 1.10 bits per heavy atom. The SMILES string of the molecule is CC(C)(C)OC(=O)N1CCC(c2c(F)ccc3c2CCN3)CC1.O=C1CCCC(=O)N1. The number of carbonyl (C=O) groups is 3. The molecule has 2 fully saturated rings. The van der Waals surface area contributed by atoms with Crippen LogP contribution in [0.4, 0.5) is 14.9 Å². The molecule has 31 heavy (non-hydrogen) atoms. The fourth-order valence-electron chi connectivity index (χ4n) is 4.20. The Morgan fingerprint density at radius 3 is 2.29 bits per heavy atom. The van der Waals surface area contributed by atoms with Gasteiger partial charge < -0.3 is 15.0 Å². The third-order valence-corrected chi connectivity index (χ3v) is 5.64. The minimum absolute atomic E-state index is 0.108. The van der Waals surface area contributed by atoms with E-state index in [1.165, 1.54) is 0 Å². The van der Waals surface area contributed by atoms with Crippen LogP contribution < -0.4 is 10.6 Å². The number of likely N-dealkylation sites (tertiary alicyclic amines) is 1. The van der Waals surface area contributed by atoms with E-state index < -0.39 is 5.60 Å². The summed E-state index contributed by atoms with van der Waals surface area (Å²) in [5.74, 6) is -0.200. The number of hydrogen-bond acceptors (Lipinski definition) is 5. The maximum atomic E-state index is 14.4. The van der Waals surface area contributed by atoms with Gasteiger partial charge >= 0.3 is 6.09 Å². The minimum atomic E-state index is -0.480. The Hall–Kier alpha value is -2.64. The fraction of sp³-hybridized carbons (Fsp3) is 0.609. The molecule has 3 heterocycles. The van der Waals surface area contributed by atoms with Gasteiger partial charge in [0.15, 0.2) is 0 Å². The van der Waals surface area contributed by atoms with Gasteiger partial charge in [-0.2, -0.15) is 0 Å². The summed E-state index contributed by atoms with van der Waals surface area (Å²) in [5, 5.41) is 5.51. The number of amides is 3. The molecule has 7 nitrogen and oxygen atoms in total. The van der Waals surface area contributed by atoms with Crippen LogP contribution >= 0.6 is 0 Å². The van der Waals surface area contributed by atoms with Gasteiger partial charge in [-0.3, -0.25) is 14.9 Å². The van der Waals surface area contributed by atoms with Crippen molar-refractivity contribution in [1.29, 1.82) is 0 Å². The summed E-state index contributed by atoms with van der Waals surface area (Å²) >= 11 is 0. The molecule has 3 aliphatic rings. The highest BCUT2D eigenvalue weighted by Crippen LogP contribution is 2.37. The fourth-order valence-corrected chi connectivity index (χ4v) is 4.20. The lowest BCUT2D eigenvalue weighted by atomic mass is 9.85. The largest absolute Gasteiger partial charge is 0.444 e. The average molecular weight is 434 g/mol. The summed E-state index contributed by atoms with van der Waals surface area (Å²) in [5.41, 5.74) is 2.57. The number of carbonyl (C=O) groups excluding carboxylic acids is 3. The number of piperidine rings is 2. The molecular formula is C23H32FN3O4. The van der Waals surface area contributed by atoms with Crippen LogP contribution in [-0.4, -0.2) is 48.0 Å². The van der Waals surface area contributed by atoms with E-state index >= 15 is 0 Å². The van der Waals surface area contributed by atoms with E-state index in [0.717, 1.165) is 42.6 Å². The first kappa shape index (κ1) is 23.0.